The zero-order valence-electron chi connectivity index (χ0n) is 17.7. The molecule has 31 heavy (non-hydrogen) atoms. The highest BCUT2D eigenvalue weighted by atomic mass is 16.5. The monoisotopic (exact) mass is 415 g/mol. The molecule has 5 rings (SSSR count). The number of hydrogen-bond donors (Lipinski definition) is 1. The summed E-state index contributed by atoms with van der Waals surface area (Å²) < 4.78 is 7.52. The van der Waals surface area contributed by atoms with Gasteiger partial charge in [0.2, 0.25) is 0 Å². The molecule has 1 aliphatic rings. The highest BCUT2D eigenvalue weighted by molar-refractivity contribution is 5.95. The molecular formula is C24H25N5O2. The van der Waals surface area contributed by atoms with Crippen LogP contribution in [0.1, 0.15) is 23.7 Å². The van der Waals surface area contributed by atoms with Gasteiger partial charge >= 0.3 is 0 Å². The number of carbonyl (C=O) groups is 1. The standard InChI is InChI=1S/C24H25N5O2/c1-16-10-17(15-29(16)24(30)18-4-3-5-20(11-18)31-2)14-28-9-8-22-23(28)7-6-21(27-22)19-12-25-26-13-19/h3-9,11-13,16-17H,10,14-15H2,1-2H3,(H,25,26)/t16-,17-/m0/s1. The van der Waals surface area contributed by atoms with Crippen molar-refractivity contribution in [2.75, 3.05) is 13.7 Å². The Bertz CT molecular complexity index is 1210. The summed E-state index contributed by atoms with van der Waals surface area (Å²) in [5.41, 5.74) is 4.63. The van der Waals surface area contributed by atoms with Crippen molar-refractivity contribution in [1.29, 1.82) is 0 Å². The number of ether oxygens (including phenoxy) is 1. The maximum Gasteiger partial charge on any atom is 0.254 e. The number of rotatable bonds is 5. The summed E-state index contributed by atoms with van der Waals surface area (Å²) in [6.45, 7) is 3.74. The number of H-pyrrole nitrogens is 1. The smallest absolute Gasteiger partial charge is 0.254 e. The minimum Gasteiger partial charge on any atom is -0.497 e. The van der Waals surface area contributed by atoms with Gasteiger partial charge in [-0.25, -0.2) is 4.98 Å². The summed E-state index contributed by atoms with van der Waals surface area (Å²) in [7, 11) is 1.62. The van der Waals surface area contributed by atoms with E-state index in [1.807, 2.05) is 41.4 Å². The average Bonchev–Trinajstić information content (AvgIpc) is 3.54. The summed E-state index contributed by atoms with van der Waals surface area (Å²) in [5.74, 6) is 1.17. The SMILES string of the molecule is COc1cccc(C(=O)N2C[C@H](Cn3ccc4nc(-c5cn[nH]c5)ccc43)C[C@@H]2C)c1. The summed E-state index contributed by atoms with van der Waals surface area (Å²) >= 11 is 0. The van der Waals surface area contributed by atoms with Crippen molar-refractivity contribution in [2.45, 2.75) is 25.9 Å². The predicted molar refractivity (Wildman–Crippen MR) is 119 cm³/mol. The van der Waals surface area contributed by atoms with Gasteiger partial charge in [-0.1, -0.05) is 6.07 Å². The van der Waals surface area contributed by atoms with Crippen LogP contribution in [0.15, 0.2) is 61.1 Å². The molecule has 1 aliphatic heterocycles. The van der Waals surface area contributed by atoms with Gasteiger partial charge in [-0.2, -0.15) is 5.10 Å². The lowest BCUT2D eigenvalue weighted by Crippen LogP contribution is -2.34. The highest BCUT2D eigenvalue weighted by Crippen LogP contribution is 2.29. The van der Waals surface area contributed by atoms with Gasteiger partial charge in [0.05, 0.1) is 30.0 Å². The molecule has 0 bridgehead atoms. The Kier molecular flexibility index (Phi) is 4.94. The second-order valence-electron chi connectivity index (χ2n) is 8.20. The van der Waals surface area contributed by atoms with Gasteiger partial charge in [-0.15, -0.1) is 0 Å². The van der Waals surface area contributed by atoms with Gasteiger partial charge in [0, 0.05) is 42.7 Å². The number of fused-ring (bicyclic) bond motifs is 1. The molecule has 4 heterocycles. The molecule has 1 amide bonds. The summed E-state index contributed by atoms with van der Waals surface area (Å²) in [4.78, 5) is 19.8. The van der Waals surface area contributed by atoms with Crippen LogP contribution in [0.2, 0.25) is 0 Å². The quantitative estimate of drug-likeness (QED) is 0.535. The fourth-order valence-electron chi connectivity index (χ4n) is 4.54. The zero-order valence-corrected chi connectivity index (χ0v) is 17.7. The Morgan fingerprint density at radius 2 is 2.16 bits per heavy atom. The van der Waals surface area contributed by atoms with E-state index < -0.39 is 0 Å². The van der Waals surface area contributed by atoms with E-state index in [1.165, 1.54) is 0 Å². The lowest BCUT2D eigenvalue weighted by Gasteiger charge is -2.22. The molecule has 158 valence electrons. The molecule has 0 unspecified atom stereocenters. The Morgan fingerprint density at radius 1 is 1.26 bits per heavy atom. The number of nitrogens with zero attached hydrogens (tertiary/aromatic N) is 4. The fraction of sp³-hybridized carbons (Fsp3) is 0.292. The van der Waals surface area contributed by atoms with Crippen molar-refractivity contribution in [3.8, 4) is 17.0 Å². The third-order valence-electron chi connectivity index (χ3n) is 6.11. The molecule has 0 saturated carbocycles. The maximum absolute atomic E-state index is 13.1. The van der Waals surface area contributed by atoms with Crippen LogP contribution in [-0.4, -0.2) is 50.3 Å². The van der Waals surface area contributed by atoms with Crippen LogP contribution in [0.25, 0.3) is 22.3 Å². The van der Waals surface area contributed by atoms with Crippen molar-refractivity contribution in [3.63, 3.8) is 0 Å². The van der Waals surface area contributed by atoms with E-state index in [1.54, 1.807) is 13.3 Å². The molecule has 1 aromatic carbocycles. The number of carbonyl (C=O) groups excluding carboxylic acids is 1. The summed E-state index contributed by atoms with van der Waals surface area (Å²) in [6.07, 6.45) is 6.70. The minimum absolute atomic E-state index is 0.0673. The van der Waals surface area contributed by atoms with Crippen LogP contribution in [0.5, 0.6) is 5.75 Å². The van der Waals surface area contributed by atoms with Crippen molar-refractivity contribution < 1.29 is 9.53 Å². The van der Waals surface area contributed by atoms with Gasteiger partial charge < -0.3 is 14.2 Å². The number of likely N-dealkylation sites (tertiary alicyclic amines) is 1. The normalized spacial score (nSPS) is 18.6. The zero-order chi connectivity index (χ0) is 21.4. The second-order valence-corrected chi connectivity index (χ2v) is 8.20. The molecule has 1 saturated heterocycles. The first-order valence-corrected chi connectivity index (χ1v) is 10.5. The van der Waals surface area contributed by atoms with E-state index in [-0.39, 0.29) is 11.9 Å². The Labute approximate surface area is 180 Å². The van der Waals surface area contributed by atoms with Crippen molar-refractivity contribution >= 4 is 16.9 Å². The third-order valence-corrected chi connectivity index (χ3v) is 6.11. The van der Waals surface area contributed by atoms with Crippen LogP contribution in [-0.2, 0) is 6.54 Å². The van der Waals surface area contributed by atoms with Crippen LogP contribution >= 0.6 is 0 Å². The van der Waals surface area contributed by atoms with Gasteiger partial charge in [0.15, 0.2) is 0 Å². The highest BCUT2D eigenvalue weighted by Gasteiger charge is 2.33. The number of nitrogens with one attached hydrogen (secondary N) is 1. The van der Waals surface area contributed by atoms with Crippen molar-refractivity contribution in [3.05, 3.63) is 66.6 Å². The molecule has 3 aromatic heterocycles. The van der Waals surface area contributed by atoms with Crippen molar-refractivity contribution in [2.24, 2.45) is 5.92 Å². The second kappa shape index (κ2) is 7.91. The Balaban J connectivity index is 1.32. The van der Waals surface area contributed by atoms with Gasteiger partial charge in [0.1, 0.15) is 5.75 Å². The fourth-order valence-corrected chi connectivity index (χ4v) is 4.54. The number of pyridine rings is 1. The number of methoxy groups -OCH3 is 1. The van der Waals surface area contributed by atoms with E-state index in [9.17, 15) is 4.79 Å². The first-order valence-electron chi connectivity index (χ1n) is 10.5. The molecule has 1 N–H and O–H groups in total. The molecule has 0 radical (unpaired) electrons. The summed E-state index contributed by atoms with van der Waals surface area (Å²) in [6, 6.07) is 13.8. The van der Waals surface area contributed by atoms with Gasteiger partial charge in [-0.05, 0) is 55.7 Å². The van der Waals surface area contributed by atoms with Crippen LogP contribution < -0.4 is 4.74 Å². The van der Waals surface area contributed by atoms with E-state index >= 15 is 0 Å². The maximum atomic E-state index is 13.1. The lowest BCUT2D eigenvalue weighted by molar-refractivity contribution is 0.0742. The van der Waals surface area contributed by atoms with E-state index in [4.69, 9.17) is 9.72 Å². The number of hydrogen-bond acceptors (Lipinski definition) is 4. The van der Waals surface area contributed by atoms with Crippen LogP contribution in [0.3, 0.4) is 0 Å². The van der Waals surface area contributed by atoms with Gasteiger partial charge in [0.25, 0.3) is 5.91 Å². The largest absolute Gasteiger partial charge is 0.497 e. The minimum atomic E-state index is 0.0673. The molecule has 0 spiro atoms. The lowest BCUT2D eigenvalue weighted by atomic mass is 10.1. The van der Waals surface area contributed by atoms with Crippen molar-refractivity contribution in [1.82, 2.24) is 24.6 Å². The first-order chi connectivity index (χ1) is 15.1. The molecule has 7 nitrogen and oxygen atoms in total. The molecular weight excluding hydrogens is 390 g/mol. The number of benzene rings is 1. The molecule has 7 heteroatoms. The van der Waals surface area contributed by atoms with Crippen LogP contribution in [0, 0.1) is 5.92 Å². The molecule has 2 atom stereocenters. The van der Waals surface area contributed by atoms with E-state index in [0.717, 1.165) is 41.8 Å². The van der Waals surface area contributed by atoms with Gasteiger partial charge in [-0.3, -0.25) is 9.89 Å². The predicted octanol–water partition coefficient (Wildman–Crippen LogP) is 3.99. The Hall–Kier alpha value is -3.61. The van der Waals surface area contributed by atoms with E-state index in [0.29, 0.717) is 17.2 Å². The number of aromatic nitrogens is 4. The third kappa shape index (κ3) is 3.67. The van der Waals surface area contributed by atoms with Crippen LogP contribution in [0.4, 0.5) is 0 Å². The first kappa shape index (κ1) is 19.4. The topological polar surface area (TPSA) is 76.0 Å². The average molecular weight is 415 g/mol. The molecule has 4 aromatic rings. The molecule has 1 fully saturated rings. The number of amides is 1. The number of aromatic amines is 1. The Morgan fingerprint density at radius 3 is 2.97 bits per heavy atom. The summed E-state index contributed by atoms with van der Waals surface area (Å²) in [5, 5.41) is 6.83. The molecule has 0 aliphatic carbocycles. The van der Waals surface area contributed by atoms with E-state index in [2.05, 4.69) is 40.0 Å².